The van der Waals surface area contributed by atoms with Crippen molar-refractivity contribution in [1.29, 1.82) is 0 Å². The van der Waals surface area contributed by atoms with E-state index in [4.69, 9.17) is 5.11 Å². The molecule has 17 heavy (non-hydrogen) atoms. The average Bonchev–Trinajstić information content (AvgIpc) is 3.16. The van der Waals surface area contributed by atoms with E-state index in [1.807, 2.05) is 12.1 Å². The average molecular weight is 235 g/mol. The Labute approximate surface area is 100 Å². The van der Waals surface area contributed by atoms with Gasteiger partial charge in [-0.05, 0) is 24.5 Å². The number of urea groups is 1. The molecule has 1 saturated carbocycles. The van der Waals surface area contributed by atoms with Crippen LogP contribution < -0.4 is 10.6 Å². The van der Waals surface area contributed by atoms with E-state index < -0.39 is 0 Å². The number of aromatic nitrogens is 1. The topological polar surface area (TPSA) is 74.2 Å². The van der Waals surface area contributed by atoms with Crippen LogP contribution in [0.15, 0.2) is 24.5 Å². The van der Waals surface area contributed by atoms with Crippen LogP contribution in [0.3, 0.4) is 0 Å². The minimum atomic E-state index is -0.200. The highest BCUT2D eigenvalue weighted by molar-refractivity contribution is 5.73. The van der Waals surface area contributed by atoms with Crippen molar-refractivity contribution in [3.63, 3.8) is 0 Å². The first-order valence-corrected chi connectivity index (χ1v) is 5.76. The first-order valence-electron chi connectivity index (χ1n) is 5.76. The van der Waals surface area contributed by atoms with Crippen LogP contribution in [0, 0.1) is 5.41 Å². The molecule has 0 aliphatic heterocycles. The summed E-state index contributed by atoms with van der Waals surface area (Å²) in [7, 11) is 0. The molecule has 92 valence electrons. The summed E-state index contributed by atoms with van der Waals surface area (Å²) in [4.78, 5) is 15.4. The van der Waals surface area contributed by atoms with E-state index in [0.29, 0.717) is 13.1 Å². The summed E-state index contributed by atoms with van der Waals surface area (Å²) < 4.78 is 0. The Morgan fingerprint density at radius 3 is 2.88 bits per heavy atom. The van der Waals surface area contributed by atoms with Gasteiger partial charge >= 0.3 is 6.03 Å². The van der Waals surface area contributed by atoms with E-state index in [-0.39, 0.29) is 18.1 Å². The number of amides is 2. The molecule has 2 rings (SSSR count). The third-order valence-corrected chi connectivity index (χ3v) is 3.09. The number of carbonyl (C=O) groups excluding carboxylic acids is 1. The molecule has 1 aliphatic rings. The monoisotopic (exact) mass is 235 g/mol. The molecule has 3 N–H and O–H groups in total. The lowest BCUT2D eigenvalue weighted by molar-refractivity contribution is 0.203. The van der Waals surface area contributed by atoms with Crippen molar-refractivity contribution in [3.05, 3.63) is 30.1 Å². The lowest BCUT2D eigenvalue weighted by Gasteiger charge is -2.13. The number of nitrogens with zero attached hydrogens (tertiary/aromatic N) is 1. The number of nitrogens with one attached hydrogen (secondary N) is 2. The maximum Gasteiger partial charge on any atom is 0.315 e. The molecule has 0 spiro atoms. The van der Waals surface area contributed by atoms with Crippen LogP contribution in [0.4, 0.5) is 4.79 Å². The second kappa shape index (κ2) is 5.14. The maximum atomic E-state index is 11.5. The van der Waals surface area contributed by atoms with Crippen molar-refractivity contribution in [2.45, 2.75) is 19.4 Å². The summed E-state index contributed by atoms with van der Waals surface area (Å²) in [5, 5.41) is 14.6. The Hall–Kier alpha value is -1.62. The summed E-state index contributed by atoms with van der Waals surface area (Å²) in [5.74, 6) is 0. The fourth-order valence-corrected chi connectivity index (χ4v) is 1.58. The molecule has 1 aliphatic carbocycles. The molecule has 0 radical (unpaired) electrons. The highest BCUT2D eigenvalue weighted by Crippen LogP contribution is 2.44. The van der Waals surface area contributed by atoms with Crippen LogP contribution >= 0.6 is 0 Å². The van der Waals surface area contributed by atoms with Crippen molar-refractivity contribution in [1.82, 2.24) is 15.6 Å². The predicted octanol–water partition coefficient (Wildman–Crippen LogP) is 0.653. The van der Waals surface area contributed by atoms with Gasteiger partial charge in [0.2, 0.25) is 0 Å². The second-order valence-electron chi connectivity index (χ2n) is 4.56. The van der Waals surface area contributed by atoms with Crippen LogP contribution in [0.1, 0.15) is 18.4 Å². The fraction of sp³-hybridized carbons (Fsp3) is 0.500. The molecule has 0 unspecified atom stereocenters. The van der Waals surface area contributed by atoms with Crippen LogP contribution in [-0.4, -0.2) is 29.3 Å². The normalized spacial score (nSPS) is 16.3. The van der Waals surface area contributed by atoms with Crippen molar-refractivity contribution in [3.8, 4) is 0 Å². The Morgan fingerprint density at radius 1 is 1.47 bits per heavy atom. The van der Waals surface area contributed by atoms with Crippen LogP contribution in [0.25, 0.3) is 0 Å². The number of pyridine rings is 1. The molecule has 5 nitrogen and oxygen atoms in total. The quantitative estimate of drug-likeness (QED) is 0.701. The Balaban J connectivity index is 1.68. The van der Waals surface area contributed by atoms with Gasteiger partial charge in [0.25, 0.3) is 0 Å². The van der Waals surface area contributed by atoms with Gasteiger partial charge in [0, 0.05) is 30.9 Å². The van der Waals surface area contributed by atoms with Crippen molar-refractivity contribution in [2.75, 3.05) is 13.2 Å². The highest BCUT2D eigenvalue weighted by Gasteiger charge is 2.41. The molecule has 1 aromatic rings. The Bertz CT molecular complexity index is 377. The second-order valence-corrected chi connectivity index (χ2v) is 4.56. The third kappa shape index (κ3) is 3.42. The van der Waals surface area contributed by atoms with Gasteiger partial charge < -0.3 is 15.7 Å². The van der Waals surface area contributed by atoms with Gasteiger partial charge in [-0.25, -0.2) is 4.79 Å². The van der Waals surface area contributed by atoms with E-state index in [1.54, 1.807) is 12.4 Å². The minimum absolute atomic E-state index is 0.0500. The zero-order valence-electron chi connectivity index (χ0n) is 9.65. The first-order chi connectivity index (χ1) is 8.24. The molecular weight excluding hydrogens is 218 g/mol. The number of hydrogen-bond acceptors (Lipinski definition) is 3. The number of aliphatic hydroxyl groups is 1. The standard InChI is InChI=1S/C12H17N3O2/c16-9-12(3-4-12)8-15-11(17)14-7-10-2-1-5-13-6-10/h1-2,5-6,16H,3-4,7-9H2,(H2,14,15,17). The molecule has 2 amide bonds. The Morgan fingerprint density at radius 2 is 2.29 bits per heavy atom. The number of rotatable bonds is 5. The van der Waals surface area contributed by atoms with E-state index >= 15 is 0 Å². The van der Waals surface area contributed by atoms with Crippen molar-refractivity contribution >= 4 is 6.03 Å². The number of carbonyl (C=O) groups is 1. The molecule has 0 atom stereocenters. The molecule has 5 heteroatoms. The van der Waals surface area contributed by atoms with Crippen LogP contribution in [0.5, 0.6) is 0 Å². The number of hydrogen-bond donors (Lipinski definition) is 3. The van der Waals surface area contributed by atoms with Crippen LogP contribution in [0.2, 0.25) is 0 Å². The van der Waals surface area contributed by atoms with Crippen LogP contribution in [-0.2, 0) is 6.54 Å². The summed E-state index contributed by atoms with van der Waals surface area (Å²) >= 11 is 0. The molecule has 1 heterocycles. The van der Waals surface area contributed by atoms with Gasteiger partial charge in [-0.1, -0.05) is 6.07 Å². The largest absolute Gasteiger partial charge is 0.396 e. The maximum absolute atomic E-state index is 11.5. The molecular formula is C12H17N3O2. The molecule has 0 saturated heterocycles. The smallest absolute Gasteiger partial charge is 0.315 e. The predicted molar refractivity (Wildman–Crippen MR) is 63.2 cm³/mol. The highest BCUT2D eigenvalue weighted by atomic mass is 16.3. The zero-order chi connectivity index (χ0) is 12.1. The minimum Gasteiger partial charge on any atom is -0.396 e. The summed E-state index contributed by atoms with van der Waals surface area (Å²) in [6, 6.07) is 3.54. The third-order valence-electron chi connectivity index (χ3n) is 3.09. The summed E-state index contributed by atoms with van der Waals surface area (Å²) in [5.41, 5.74) is 0.914. The van der Waals surface area contributed by atoms with Gasteiger partial charge in [-0.2, -0.15) is 0 Å². The van der Waals surface area contributed by atoms with E-state index in [2.05, 4.69) is 15.6 Å². The molecule has 0 aromatic carbocycles. The van der Waals surface area contributed by atoms with E-state index in [1.165, 1.54) is 0 Å². The molecule has 1 aromatic heterocycles. The SMILES string of the molecule is O=C(NCc1cccnc1)NCC1(CO)CC1. The van der Waals surface area contributed by atoms with Gasteiger partial charge in [0.05, 0.1) is 6.61 Å². The van der Waals surface area contributed by atoms with Gasteiger partial charge in [0.1, 0.15) is 0 Å². The molecule has 0 bridgehead atoms. The summed E-state index contributed by atoms with van der Waals surface area (Å²) in [6.45, 7) is 1.16. The van der Waals surface area contributed by atoms with Crippen molar-refractivity contribution in [2.24, 2.45) is 5.41 Å². The fourth-order valence-electron chi connectivity index (χ4n) is 1.58. The van der Waals surface area contributed by atoms with E-state index in [9.17, 15) is 4.79 Å². The lowest BCUT2D eigenvalue weighted by atomic mass is 10.1. The molecule has 1 fully saturated rings. The number of aliphatic hydroxyl groups excluding tert-OH is 1. The Kier molecular flexibility index (Phi) is 3.58. The van der Waals surface area contributed by atoms with Gasteiger partial charge in [0.15, 0.2) is 0 Å². The van der Waals surface area contributed by atoms with E-state index in [0.717, 1.165) is 18.4 Å². The summed E-state index contributed by atoms with van der Waals surface area (Å²) in [6.07, 6.45) is 5.40. The zero-order valence-corrected chi connectivity index (χ0v) is 9.65. The van der Waals surface area contributed by atoms with Crippen molar-refractivity contribution < 1.29 is 9.90 Å². The van der Waals surface area contributed by atoms with Gasteiger partial charge in [-0.3, -0.25) is 4.98 Å². The first kappa shape index (κ1) is 11.9. The van der Waals surface area contributed by atoms with Gasteiger partial charge in [-0.15, -0.1) is 0 Å². The lowest BCUT2D eigenvalue weighted by Crippen LogP contribution is -2.39.